The fourth-order valence-corrected chi connectivity index (χ4v) is 3.02. The van der Waals surface area contributed by atoms with E-state index in [-0.39, 0.29) is 12.3 Å². The van der Waals surface area contributed by atoms with Crippen LogP contribution in [0.4, 0.5) is 0 Å². The SMILES string of the molecule is COc1c(C(=O)NCCCC(=O)O)sc(C)c1Br. The van der Waals surface area contributed by atoms with E-state index in [0.29, 0.717) is 23.6 Å². The number of halogens is 1. The van der Waals surface area contributed by atoms with Gasteiger partial charge in [0.05, 0.1) is 11.6 Å². The predicted molar refractivity (Wildman–Crippen MR) is 72.5 cm³/mol. The van der Waals surface area contributed by atoms with E-state index < -0.39 is 5.97 Å². The predicted octanol–water partition coefficient (Wildman–Crippen LogP) is 2.42. The smallest absolute Gasteiger partial charge is 0.303 e. The molecule has 18 heavy (non-hydrogen) atoms. The number of aryl methyl sites for hydroxylation is 1. The minimum atomic E-state index is -0.864. The lowest BCUT2D eigenvalue weighted by molar-refractivity contribution is -0.137. The molecule has 0 unspecified atom stereocenters. The topological polar surface area (TPSA) is 75.6 Å². The molecular weight excluding hydrogens is 322 g/mol. The quantitative estimate of drug-likeness (QED) is 0.783. The van der Waals surface area contributed by atoms with Crippen LogP contribution in [-0.2, 0) is 4.79 Å². The maximum absolute atomic E-state index is 11.9. The van der Waals surface area contributed by atoms with Crippen LogP contribution in [-0.4, -0.2) is 30.6 Å². The zero-order valence-corrected chi connectivity index (χ0v) is 12.5. The lowest BCUT2D eigenvalue weighted by Gasteiger charge is -2.04. The second kappa shape index (κ2) is 6.75. The van der Waals surface area contributed by atoms with E-state index in [4.69, 9.17) is 9.84 Å². The summed E-state index contributed by atoms with van der Waals surface area (Å²) in [7, 11) is 1.51. The summed E-state index contributed by atoms with van der Waals surface area (Å²) in [5.41, 5.74) is 0. The molecule has 0 aliphatic rings. The molecule has 1 rings (SSSR count). The van der Waals surface area contributed by atoms with E-state index in [9.17, 15) is 9.59 Å². The number of hydrogen-bond donors (Lipinski definition) is 2. The Morgan fingerprint density at radius 3 is 2.72 bits per heavy atom. The van der Waals surface area contributed by atoms with Crippen molar-refractivity contribution in [3.63, 3.8) is 0 Å². The third kappa shape index (κ3) is 3.71. The van der Waals surface area contributed by atoms with Gasteiger partial charge in [0.1, 0.15) is 4.88 Å². The first kappa shape index (κ1) is 15.0. The summed E-state index contributed by atoms with van der Waals surface area (Å²) in [6, 6.07) is 0. The van der Waals surface area contributed by atoms with Crippen molar-refractivity contribution in [3.8, 4) is 5.75 Å². The Labute approximate surface area is 117 Å². The Bertz CT molecular complexity index is 458. The highest BCUT2D eigenvalue weighted by Gasteiger charge is 2.20. The Morgan fingerprint density at radius 1 is 1.50 bits per heavy atom. The van der Waals surface area contributed by atoms with Crippen LogP contribution in [0, 0.1) is 6.92 Å². The number of ether oxygens (including phenoxy) is 1. The molecule has 0 bridgehead atoms. The molecule has 1 aromatic rings. The van der Waals surface area contributed by atoms with E-state index in [0.717, 1.165) is 9.35 Å². The van der Waals surface area contributed by atoms with Crippen LogP contribution >= 0.6 is 27.3 Å². The Morgan fingerprint density at radius 2 is 2.17 bits per heavy atom. The number of carboxylic acids is 1. The van der Waals surface area contributed by atoms with Gasteiger partial charge in [-0.3, -0.25) is 9.59 Å². The van der Waals surface area contributed by atoms with Gasteiger partial charge in [0.2, 0.25) is 0 Å². The first-order valence-corrected chi connectivity index (χ1v) is 6.91. The molecule has 2 N–H and O–H groups in total. The molecule has 0 aliphatic heterocycles. The van der Waals surface area contributed by atoms with Gasteiger partial charge in [-0.2, -0.15) is 0 Å². The molecule has 0 spiro atoms. The highest BCUT2D eigenvalue weighted by atomic mass is 79.9. The maximum atomic E-state index is 11.9. The molecule has 0 atom stereocenters. The minimum Gasteiger partial charge on any atom is -0.494 e. The van der Waals surface area contributed by atoms with Crippen molar-refractivity contribution in [3.05, 3.63) is 14.2 Å². The van der Waals surface area contributed by atoms with Crippen molar-refractivity contribution in [1.82, 2.24) is 5.32 Å². The third-order valence-electron chi connectivity index (χ3n) is 2.23. The van der Waals surface area contributed by atoms with Crippen LogP contribution in [0.2, 0.25) is 0 Å². The maximum Gasteiger partial charge on any atom is 0.303 e. The summed E-state index contributed by atoms with van der Waals surface area (Å²) < 4.78 is 5.95. The third-order valence-corrected chi connectivity index (χ3v) is 4.54. The number of carbonyl (C=O) groups excluding carboxylic acids is 1. The summed E-state index contributed by atoms with van der Waals surface area (Å²) >= 11 is 4.70. The molecule has 0 aliphatic carbocycles. The molecular formula is C11H14BrNO4S. The van der Waals surface area contributed by atoms with Gasteiger partial charge in [-0.05, 0) is 29.3 Å². The van der Waals surface area contributed by atoms with Gasteiger partial charge in [0, 0.05) is 17.8 Å². The monoisotopic (exact) mass is 335 g/mol. The van der Waals surface area contributed by atoms with Crippen LogP contribution in [0.3, 0.4) is 0 Å². The number of amides is 1. The Hall–Kier alpha value is -1.08. The van der Waals surface area contributed by atoms with Crippen molar-refractivity contribution >= 4 is 39.1 Å². The van der Waals surface area contributed by atoms with Crippen molar-refractivity contribution in [2.45, 2.75) is 19.8 Å². The summed E-state index contributed by atoms with van der Waals surface area (Å²) in [5, 5.41) is 11.2. The Kier molecular flexibility index (Phi) is 5.61. The first-order chi connectivity index (χ1) is 8.47. The molecule has 7 heteroatoms. The van der Waals surface area contributed by atoms with Crippen LogP contribution in [0.1, 0.15) is 27.4 Å². The van der Waals surface area contributed by atoms with Gasteiger partial charge in [-0.15, -0.1) is 11.3 Å². The minimum absolute atomic E-state index is 0.0462. The average Bonchev–Trinajstić information content (AvgIpc) is 2.60. The fourth-order valence-electron chi connectivity index (χ4n) is 1.36. The van der Waals surface area contributed by atoms with Gasteiger partial charge < -0.3 is 15.2 Å². The number of rotatable bonds is 6. The zero-order chi connectivity index (χ0) is 13.7. The van der Waals surface area contributed by atoms with Crippen molar-refractivity contribution < 1.29 is 19.4 Å². The van der Waals surface area contributed by atoms with E-state index in [2.05, 4.69) is 21.2 Å². The van der Waals surface area contributed by atoms with Gasteiger partial charge >= 0.3 is 5.97 Å². The number of hydrogen-bond acceptors (Lipinski definition) is 4. The number of carboxylic acid groups (broad SMARTS) is 1. The largest absolute Gasteiger partial charge is 0.494 e. The highest BCUT2D eigenvalue weighted by Crippen LogP contribution is 2.38. The Balaban J connectivity index is 2.61. The molecule has 0 saturated heterocycles. The number of thiophene rings is 1. The standard InChI is InChI=1S/C11H14BrNO4S/c1-6-8(12)9(17-2)10(18-6)11(16)13-5-3-4-7(14)15/h3-5H2,1-2H3,(H,13,16)(H,14,15). The van der Waals surface area contributed by atoms with Gasteiger partial charge in [-0.1, -0.05) is 0 Å². The number of carbonyl (C=O) groups is 2. The average molecular weight is 336 g/mol. The molecule has 1 amide bonds. The number of methoxy groups -OCH3 is 1. The van der Waals surface area contributed by atoms with E-state index in [1.165, 1.54) is 18.4 Å². The van der Waals surface area contributed by atoms with E-state index in [1.807, 2.05) is 6.92 Å². The number of aliphatic carboxylic acids is 1. The first-order valence-electron chi connectivity index (χ1n) is 5.30. The number of nitrogens with one attached hydrogen (secondary N) is 1. The zero-order valence-electron chi connectivity index (χ0n) is 10.1. The van der Waals surface area contributed by atoms with E-state index >= 15 is 0 Å². The molecule has 0 aromatic carbocycles. The van der Waals surface area contributed by atoms with Crippen molar-refractivity contribution in [2.75, 3.05) is 13.7 Å². The van der Waals surface area contributed by atoms with E-state index in [1.54, 1.807) is 0 Å². The molecule has 1 aromatic heterocycles. The molecule has 5 nitrogen and oxygen atoms in total. The molecule has 0 radical (unpaired) electrons. The van der Waals surface area contributed by atoms with Gasteiger partial charge in [-0.25, -0.2) is 0 Å². The molecule has 100 valence electrons. The lowest BCUT2D eigenvalue weighted by Crippen LogP contribution is -2.24. The van der Waals surface area contributed by atoms with Crippen molar-refractivity contribution in [2.24, 2.45) is 0 Å². The fraction of sp³-hybridized carbons (Fsp3) is 0.455. The van der Waals surface area contributed by atoms with Crippen LogP contribution in [0.5, 0.6) is 5.75 Å². The summed E-state index contributed by atoms with van der Waals surface area (Å²) in [4.78, 5) is 23.7. The van der Waals surface area contributed by atoms with Crippen LogP contribution in [0.25, 0.3) is 0 Å². The highest BCUT2D eigenvalue weighted by molar-refractivity contribution is 9.10. The molecule has 0 saturated carbocycles. The van der Waals surface area contributed by atoms with Gasteiger partial charge in [0.25, 0.3) is 5.91 Å². The van der Waals surface area contributed by atoms with Crippen LogP contribution in [0.15, 0.2) is 4.47 Å². The molecule has 0 fully saturated rings. The normalized spacial score (nSPS) is 10.2. The summed E-state index contributed by atoms with van der Waals surface area (Å²) in [6.45, 7) is 2.22. The summed E-state index contributed by atoms with van der Waals surface area (Å²) in [6.07, 6.45) is 0.458. The van der Waals surface area contributed by atoms with Crippen LogP contribution < -0.4 is 10.1 Å². The lowest BCUT2D eigenvalue weighted by atomic mass is 10.3. The van der Waals surface area contributed by atoms with Crippen molar-refractivity contribution in [1.29, 1.82) is 0 Å². The summed E-state index contributed by atoms with van der Waals surface area (Å²) in [5.74, 6) is -0.583. The van der Waals surface area contributed by atoms with Gasteiger partial charge in [0.15, 0.2) is 5.75 Å². The second-order valence-electron chi connectivity index (χ2n) is 3.59. The molecule has 1 heterocycles. The second-order valence-corrected chi connectivity index (χ2v) is 5.61.